The van der Waals surface area contributed by atoms with E-state index in [1.165, 1.54) is 6.42 Å². The first kappa shape index (κ1) is 10.9. The zero-order valence-electron chi connectivity index (χ0n) is 10.3. The Balaban J connectivity index is 1.89. The van der Waals surface area contributed by atoms with Crippen LogP contribution in [0.3, 0.4) is 0 Å². The van der Waals surface area contributed by atoms with Crippen molar-refractivity contribution in [2.24, 2.45) is 5.92 Å². The van der Waals surface area contributed by atoms with E-state index in [0.29, 0.717) is 22.9 Å². The second-order valence-electron chi connectivity index (χ2n) is 5.35. The van der Waals surface area contributed by atoms with Gasteiger partial charge in [0.15, 0.2) is 10.7 Å². The van der Waals surface area contributed by atoms with Crippen LogP contribution in [-0.4, -0.2) is 44.7 Å². The van der Waals surface area contributed by atoms with Gasteiger partial charge in [-0.15, -0.1) is 0 Å². The molecule has 4 rings (SSSR count). The second-order valence-corrected chi connectivity index (χ2v) is 5.35. The quantitative estimate of drug-likeness (QED) is 0.591. The van der Waals surface area contributed by atoms with Crippen molar-refractivity contribution in [3.05, 3.63) is 33.9 Å². The number of fused-ring (bicyclic) bond motifs is 3. The average Bonchev–Trinajstić information content (AvgIpc) is 3.12. The molecule has 0 radical (unpaired) electrons. The van der Waals surface area contributed by atoms with E-state index in [4.69, 9.17) is 0 Å². The fraction of sp³-hybridized carbons (Fsp3) is 0.500. The topological polar surface area (TPSA) is 77.1 Å². The van der Waals surface area contributed by atoms with Gasteiger partial charge >= 0.3 is 0 Å². The summed E-state index contributed by atoms with van der Waals surface area (Å²) in [4.78, 5) is 14.3. The van der Waals surface area contributed by atoms with Gasteiger partial charge < -0.3 is 15.0 Å². The van der Waals surface area contributed by atoms with Crippen molar-refractivity contribution in [2.45, 2.75) is 12.3 Å². The molecule has 7 heteroatoms. The Morgan fingerprint density at radius 2 is 2.26 bits per heavy atom. The van der Waals surface area contributed by atoms with Gasteiger partial charge in [-0.1, -0.05) is 12.1 Å². The van der Waals surface area contributed by atoms with Crippen LogP contribution in [0.5, 0.6) is 0 Å². The maximum Gasteiger partial charge on any atom is 0.183 e. The van der Waals surface area contributed by atoms with E-state index >= 15 is 0 Å². The Hall–Kier alpha value is -2.02. The van der Waals surface area contributed by atoms with E-state index in [0.717, 1.165) is 30.0 Å². The number of rotatable bonds is 2. The summed E-state index contributed by atoms with van der Waals surface area (Å²) in [5, 5.41) is 18.1. The summed E-state index contributed by atoms with van der Waals surface area (Å²) in [6.45, 7) is 3.26. The van der Waals surface area contributed by atoms with Crippen LogP contribution in [0.25, 0.3) is 11.0 Å². The minimum Gasteiger partial charge on any atom is -0.339 e. The molecule has 0 saturated carbocycles. The third-order valence-electron chi connectivity index (χ3n) is 4.37. The van der Waals surface area contributed by atoms with Gasteiger partial charge in [-0.05, 0) is 35.6 Å². The van der Waals surface area contributed by atoms with Crippen LogP contribution in [0.15, 0.2) is 18.2 Å². The summed E-state index contributed by atoms with van der Waals surface area (Å²) in [7, 11) is 0. The summed E-state index contributed by atoms with van der Waals surface area (Å²) in [6, 6.07) is 5.68. The van der Waals surface area contributed by atoms with Gasteiger partial charge in [0.2, 0.25) is 0 Å². The molecule has 19 heavy (non-hydrogen) atoms. The summed E-state index contributed by atoms with van der Waals surface area (Å²) in [5.41, 5.74) is 2.18. The number of nitro groups is 1. The molecule has 0 N–H and O–H groups in total. The molecule has 3 atom stereocenters. The Kier molecular flexibility index (Phi) is 2.14. The van der Waals surface area contributed by atoms with Crippen molar-refractivity contribution in [1.82, 2.24) is 20.0 Å². The van der Waals surface area contributed by atoms with Crippen LogP contribution >= 0.6 is 0 Å². The van der Waals surface area contributed by atoms with Crippen molar-refractivity contribution in [2.75, 3.05) is 19.6 Å². The molecule has 2 fully saturated rings. The first-order valence-electron chi connectivity index (χ1n) is 6.45. The monoisotopic (exact) mass is 259 g/mol. The summed E-state index contributed by atoms with van der Waals surface area (Å²) in [5.74, 6) is 0.982. The highest BCUT2D eigenvalue weighted by molar-refractivity contribution is 5.78. The lowest BCUT2D eigenvalue weighted by Crippen LogP contribution is -2.23. The van der Waals surface area contributed by atoms with Gasteiger partial charge in [-0.3, -0.25) is 0 Å². The summed E-state index contributed by atoms with van der Waals surface area (Å²) >= 11 is 0. The molecule has 0 spiro atoms. The highest BCUT2D eigenvalue weighted by Crippen LogP contribution is 2.41. The molecule has 2 bridgehead atoms. The average molecular weight is 259 g/mol. The molecule has 3 heterocycles. The number of para-hydroxylation sites is 1. The largest absolute Gasteiger partial charge is 0.339 e. The minimum atomic E-state index is -0.508. The molecule has 2 aliphatic rings. The minimum absolute atomic E-state index is 0.370. The van der Waals surface area contributed by atoms with E-state index in [1.807, 2.05) is 12.1 Å². The van der Waals surface area contributed by atoms with Gasteiger partial charge in [-0.2, -0.15) is 0 Å². The lowest BCUT2D eigenvalue weighted by molar-refractivity contribution is -0.549. The second kappa shape index (κ2) is 3.74. The maximum absolute atomic E-state index is 11.1. The first-order chi connectivity index (χ1) is 9.24. The van der Waals surface area contributed by atoms with Gasteiger partial charge in [0, 0.05) is 19.0 Å². The highest BCUT2D eigenvalue weighted by Gasteiger charge is 2.40. The standard InChI is InChI=1S/C12H13N5O2/c18-17(19)16-12-9(2-1-3-11(12)13-14-16)10-7-15-5-4-8(10)6-15/h1-3,8,10H,4-7H2. The molecule has 1 aromatic heterocycles. The zero-order chi connectivity index (χ0) is 13.0. The molecule has 7 nitrogen and oxygen atoms in total. The van der Waals surface area contributed by atoms with Gasteiger partial charge in [-0.25, -0.2) is 0 Å². The molecule has 1 aromatic carbocycles. The Morgan fingerprint density at radius 3 is 2.95 bits per heavy atom. The Labute approximate surface area is 108 Å². The molecule has 3 unspecified atom stereocenters. The van der Waals surface area contributed by atoms with Crippen LogP contribution in [0.4, 0.5) is 0 Å². The normalized spacial score (nSPS) is 29.2. The van der Waals surface area contributed by atoms with Crippen LogP contribution in [0.1, 0.15) is 17.9 Å². The van der Waals surface area contributed by atoms with Crippen molar-refractivity contribution in [3.63, 3.8) is 0 Å². The van der Waals surface area contributed by atoms with Gasteiger partial charge in [0.1, 0.15) is 5.52 Å². The number of benzene rings is 1. The van der Waals surface area contributed by atoms with Crippen molar-refractivity contribution in [1.29, 1.82) is 0 Å². The smallest absolute Gasteiger partial charge is 0.183 e. The molecule has 0 amide bonds. The van der Waals surface area contributed by atoms with E-state index in [1.54, 1.807) is 6.07 Å². The Bertz CT molecular complexity index is 667. The van der Waals surface area contributed by atoms with Crippen molar-refractivity contribution >= 4 is 11.0 Å². The van der Waals surface area contributed by atoms with Crippen LogP contribution in [0.2, 0.25) is 0 Å². The summed E-state index contributed by atoms with van der Waals surface area (Å²) < 4.78 is 0. The predicted molar refractivity (Wildman–Crippen MR) is 67.2 cm³/mol. The number of hydrogen-bond donors (Lipinski definition) is 0. The first-order valence-corrected chi connectivity index (χ1v) is 6.45. The number of piperidine rings is 1. The molecule has 2 saturated heterocycles. The maximum atomic E-state index is 11.1. The lowest BCUT2D eigenvalue weighted by Gasteiger charge is -2.22. The van der Waals surface area contributed by atoms with Crippen LogP contribution in [-0.2, 0) is 0 Å². The predicted octanol–water partition coefficient (Wildman–Crippen LogP) is 0.890. The Morgan fingerprint density at radius 1 is 1.37 bits per heavy atom. The molecule has 0 aliphatic carbocycles. The lowest BCUT2D eigenvalue weighted by atomic mass is 9.86. The molecular weight excluding hydrogens is 246 g/mol. The molecular formula is C12H13N5O2. The number of nitrogens with zero attached hydrogens (tertiary/aromatic N) is 5. The van der Waals surface area contributed by atoms with E-state index in [9.17, 15) is 10.1 Å². The highest BCUT2D eigenvalue weighted by atomic mass is 16.7. The SMILES string of the molecule is O=[N+]([O-])n1nnc2cccc(C3CN4CCC3C4)c21. The fourth-order valence-corrected chi connectivity index (χ4v) is 3.53. The number of hydrogen-bond acceptors (Lipinski definition) is 5. The van der Waals surface area contributed by atoms with Crippen LogP contribution < -0.4 is 0 Å². The fourth-order valence-electron chi connectivity index (χ4n) is 3.53. The van der Waals surface area contributed by atoms with Gasteiger partial charge in [0.25, 0.3) is 0 Å². The molecule has 98 valence electrons. The van der Waals surface area contributed by atoms with Gasteiger partial charge in [0.05, 0.1) is 9.82 Å². The van der Waals surface area contributed by atoms with Crippen molar-refractivity contribution in [3.8, 4) is 0 Å². The molecule has 2 aliphatic heterocycles. The number of aromatic nitrogens is 3. The van der Waals surface area contributed by atoms with E-state index in [-0.39, 0.29) is 0 Å². The third kappa shape index (κ3) is 1.48. The van der Waals surface area contributed by atoms with E-state index < -0.39 is 5.03 Å². The van der Waals surface area contributed by atoms with Crippen molar-refractivity contribution < 1.29 is 5.03 Å². The third-order valence-corrected chi connectivity index (χ3v) is 4.37. The van der Waals surface area contributed by atoms with Crippen LogP contribution in [0, 0.1) is 16.0 Å². The zero-order valence-corrected chi connectivity index (χ0v) is 10.3. The molecule has 2 aromatic rings. The van der Waals surface area contributed by atoms with E-state index in [2.05, 4.69) is 15.2 Å². The summed E-state index contributed by atoms with van der Waals surface area (Å²) in [6.07, 6.45) is 1.18.